The van der Waals surface area contributed by atoms with Gasteiger partial charge in [0, 0.05) is 42.5 Å². The van der Waals surface area contributed by atoms with E-state index < -0.39 is 5.92 Å². The first-order chi connectivity index (χ1) is 12.4. The Bertz CT molecular complexity index is 1020. The van der Waals surface area contributed by atoms with Crippen molar-refractivity contribution in [3.05, 3.63) is 29.0 Å². The topological polar surface area (TPSA) is 49.6 Å². The molecular weight excluding hydrogens is 362 g/mol. The van der Waals surface area contributed by atoms with Crippen LogP contribution in [0.15, 0.2) is 18.2 Å². The third kappa shape index (κ3) is 2.51. The minimum Gasteiger partial charge on any atom is -0.338 e. The lowest BCUT2D eigenvalue weighted by Gasteiger charge is -2.37. The highest BCUT2D eigenvalue weighted by Gasteiger charge is 2.47. The Hall–Kier alpha value is -2.06. The molecule has 136 valence electrons. The average molecular weight is 379 g/mol. The summed E-state index contributed by atoms with van der Waals surface area (Å²) < 4.78 is 29.2. The van der Waals surface area contributed by atoms with Crippen molar-refractivity contribution in [2.75, 3.05) is 31.1 Å². The van der Waals surface area contributed by atoms with Crippen molar-refractivity contribution in [1.82, 2.24) is 24.5 Å². The smallest absolute Gasteiger partial charge is 0.262 e. The molecule has 0 spiro atoms. The summed E-state index contributed by atoms with van der Waals surface area (Å²) in [6.07, 6.45) is -0.105. The molecule has 2 saturated heterocycles. The Morgan fingerprint density at radius 2 is 2.08 bits per heavy atom. The minimum atomic E-state index is -2.60. The van der Waals surface area contributed by atoms with Crippen molar-refractivity contribution in [2.45, 2.75) is 25.3 Å². The van der Waals surface area contributed by atoms with Crippen molar-refractivity contribution in [3.8, 4) is 0 Å². The molecule has 0 aliphatic carbocycles. The summed E-state index contributed by atoms with van der Waals surface area (Å²) in [7, 11) is 0. The molecular formula is C17H17ClF2N6. The van der Waals surface area contributed by atoms with Crippen LogP contribution >= 0.6 is 11.6 Å². The van der Waals surface area contributed by atoms with Gasteiger partial charge in [0.1, 0.15) is 5.82 Å². The molecule has 0 saturated carbocycles. The highest BCUT2D eigenvalue weighted by atomic mass is 35.5. The lowest BCUT2D eigenvalue weighted by Crippen LogP contribution is -2.51. The zero-order valence-corrected chi connectivity index (χ0v) is 14.9. The van der Waals surface area contributed by atoms with E-state index in [9.17, 15) is 8.78 Å². The first-order valence-corrected chi connectivity index (χ1v) is 8.97. The molecule has 1 atom stereocenters. The second-order valence-corrected chi connectivity index (χ2v) is 7.53. The van der Waals surface area contributed by atoms with Gasteiger partial charge >= 0.3 is 0 Å². The minimum absolute atomic E-state index is 0.105. The van der Waals surface area contributed by atoms with Crippen LogP contribution in [0.25, 0.3) is 16.6 Å². The Morgan fingerprint density at radius 1 is 1.23 bits per heavy atom. The number of alkyl halides is 2. The SMILES string of the molecule is Cc1nc2c3cc(Cl)ccc3nc(N3CCN4CC(F)(F)CC4C3)n2n1. The highest BCUT2D eigenvalue weighted by Crippen LogP contribution is 2.35. The molecule has 2 fully saturated rings. The number of fused-ring (bicyclic) bond motifs is 4. The normalized spacial score (nSPS) is 23.1. The van der Waals surface area contributed by atoms with Gasteiger partial charge in [0.2, 0.25) is 5.95 Å². The second kappa shape index (κ2) is 5.47. The van der Waals surface area contributed by atoms with E-state index >= 15 is 0 Å². The van der Waals surface area contributed by atoms with E-state index in [-0.39, 0.29) is 19.0 Å². The van der Waals surface area contributed by atoms with Gasteiger partial charge in [-0.25, -0.2) is 18.7 Å². The van der Waals surface area contributed by atoms with Gasteiger partial charge in [-0.05, 0) is 25.1 Å². The standard InChI is InChI=1S/C17H17ClF2N6/c1-10-21-15-13-6-11(18)2-3-14(13)22-16(26(15)23-10)24-4-5-25-9-17(19,20)7-12(25)8-24/h2-3,6,12H,4-5,7-9H2,1H3. The van der Waals surface area contributed by atoms with Crippen molar-refractivity contribution < 1.29 is 8.78 Å². The van der Waals surface area contributed by atoms with Crippen LogP contribution in [0, 0.1) is 6.92 Å². The number of anilines is 1. The van der Waals surface area contributed by atoms with Crippen molar-refractivity contribution >= 4 is 34.1 Å². The largest absolute Gasteiger partial charge is 0.338 e. The fourth-order valence-corrected chi connectivity index (χ4v) is 4.23. The van der Waals surface area contributed by atoms with Crippen molar-refractivity contribution in [2.24, 2.45) is 0 Å². The molecule has 2 aromatic heterocycles. The number of rotatable bonds is 1. The molecule has 3 aromatic rings. The Morgan fingerprint density at radius 3 is 2.92 bits per heavy atom. The molecule has 4 heterocycles. The van der Waals surface area contributed by atoms with Crippen molar-refractivity contribution in [3.63, 3.8) is 0 Å². The van der Waals surface area contributed by atoms with Crippen LogP contribution in [0.3, 0.4) is 0 Å². The molecule has 0 amide bonds. The lowest BCUT2D eigenvalue weighted by atomic mass is 10.1. The summed E-state index contributed by atoms with van der Waals surface area (Å²) in [5.41, 5.74) is 1.45. The number of hydrogen-bond acceptors (Lipinski definition) is 5. The number of aromatic nitrogens is 4. The van der Waals surface area contributed by atoms with Gasteiger partial charge in [-0.2, -0.15) is 4.52 Å². The van der Waals surface area contributed by atoms with Gasteiger partial charge in [0.05, 0.1) is 12.1 Å². The van der Waals surface area contributed by atoms with Crippen LogP contribution < -0.4 is 4.90 Å². The van der Waals surface area contributed by atoms with Crippen LogP contribution in [0.4, 0.5) is 14.7 Å². The predicted octanol–water partition coefficient (Wildman–Crippen LogP) is 2.77. The molecule has 1 unspecified atom stereocenters. The van der Waals surface area contributed by atoms with Crippen LogP contribution in [-0.2, 0) is 0 Å². The fraction of sp³-hybridized carbons (Fsp3) is 0.471. The summed E-state index contributed by atoms with van der Waals surface area (Å²) in [6, 6.07) is 5.30. The lowest BCUT2D eigenvalue weighted by molar-refractivity contribution is 0.0125. The quantitative estimate of drug-likeness (QED) is 0.651. The van der Waals surface area contributed by atoms with Gasteiger partial charge in [-0.15, -0.1) is 5.10 Å². The maximum atomic E-state index is 13.8. The average Bonchev–Trinajstić information content (AvgIpc) is 3.11. The first kappa shape index (κ1) is 16.1. The maximum absolute atomic E-state index is 13.8. The van der Waals surface area contributed by atoms with Gasteiger partial charge in [0.15, 0.2) is 5.65 Å². The summed E-state index contributed by atoms with van der Waals surface area (Å²) in [4.78, 5) is 13.2. The highest BCUT2D eigenvalue weighted by molar-refractivity contribution is 6.31. The van der Waals surface area contributed by atoms with E-state index in [4.69, 9.17) is 16.6 Å². The molecule has 1 aromatic carbocycles. The zero-order valence-electron chi connectivity index (χ0n) is 14.2. The number of hydrogen-bond donors (Lipinski definition) is 0. The summed E-state index contributed by atoms with van der Waals surface area (Å²) in [5, 5.41) is 5.91. The van der Waals surface area contributed by atoms with Gasteiger partial charge < -0.3 is 4.90 Å². The van der Waals surface area contributed by atoms with E-state index in [1.807, 2.05) is 28.9 Å². The van der Waals surface area contributed by atoms with Crippen LogP contribution in [0.2, 0.25) is 5.02 Å². The van der Waals surface area contributed by atoms with Gasteiger partial charge in [0.25, 0.3) is 5.92 Å². The molecule has 6 nitrogen and oxygen atoms in total. The summed E-state index contributed by atoms with van der Waals surface area (Å²) >= 11 is 6.13. The number of piperazine rings is 1. The van der Waals surface area contributed by atoms with E-state index in [1.54, 1.807) is 10.6 Å². The number of benzene rings is 1. The molecule has 26 heavy (non-hydrogen) atoms. The molecule has 0 radical (unpaired) electrons. The van der Waals surface area contributed by atoms with Crippen LogP contribution in [0.5, 0.6) is 0 Å². The number of halogens is 3. The summed E-state index contributed by atoms with van der Waals surface area (Å²) in [6.45, 7) is 3.41. The van der Waals surface area contributed by atoms with E-state index in [2.05, 4.69) is 10.1 Å². The molecule has 2 aliphatic rings. The molecule has 2 aliphatic heterocycles. The first-order valence-electron chi connectivity index (χ1n) is 8.59. The third-order valence-corrected chi connectivity index (χ3v) is 5.41. The van der Waals surface area contributed by atoms with Crippen molar-refractivity contribution in [1.29, 1.82) is 0 Å². The van der Waals surface area contributed by atoms with Gasteiger partial charge in [-0.3, -0.25) is 4.90 Å². The second-order valence-electron chi connectivity index (χ2n) is 7.10. The van der Waals surface area contributed by atoms with E-state index in [1.165, 1.54) is 0 Å². The number of aryl methyl sites for hydroxylation is 1. The monoisotopic (exact) mass is 378 g/mol. The Balaban J connectivity index is 1.61. The predicted molar refractivity (Wildman–Crippen MR) is 95.2 cm³/mol. The summed E-state index contributed by atoms with van der Waals surface area (Å²) in [5.74, 6) is -1.33. The molecule has 0 bridgehead atoms. The maximum Gasteiger partial charge on any atom is 0.262 e. The fourth-order valence-electron chi connectivity index (χ4n) is 4.06. The zero-order chi connectivity index (χ0) is 18.1. The Labute approximate surface area is 153 Å². The van der Waals surface area contributed by atoms with E-state index in [0.29, 0.717) is 42.1 Å². The van der Waals surface area contributed by atoms with E-state index in [0.717, 1.165) is 10.9 Å². The van der Waals surface area contributed by atoms with Crippen LogP contribution in [0.1, 0.15) is 12.2 Å². The molecule has 5 rings (SSSR count). The number of nitrogens with zero attached hydrogens (tertiary/aromatic N) is 6. The van der Waals surface area contributed by atoms with Gasteiger partial charge in [-0.1, -0.05) is 11.6 Å². The molecule has 0 N–H and O–H groups in total. The third-order valence-electron chi connectivity index (χ3n) is 5.18. The molecule has 9 heteroatoms. The Kier molecular flexibility index (Phi) is 3.39. The van der Waals surface area contributed by atoms with Crippen LogP contribution in [-0.4, -0.2) is 62.6 Å².